The summed E-state index contributed by atoms with van der Waals surface area (Å²) in [5.41, 5.74) is 8.77. The molecule has 2 aromatic carbocycles. The Kier molecular flexibility index (Phi) is 9.30. The van der Waals surface area contributed by atoms with Crippen LogP contribution in [0.25, 0.3) is 21.2 Å². The van der Waals surface area contributed by atoms with Crippen LogP contribution in [0.1, 0.15) is 53.0 Å². The Bertz CT molecular complexity index is 1660. The molecule has 0 unspecified atom stereocenters. The predicted octanol–water partition coefficient (Wildman–Crippen LogP) is 8.28. The highest BCUT2D eigenvalue weighted by Gasteiger charge is 2.28. The third-order valence-electron chi connectivity index (χ3n) is 6.54. The Balaban J connectivity index is 1.57. The number of nitrogen functional groups attached to an aromatic ring is 1. The molecule has 8 nitrogen and oxygen atoms in total. The summed E-state index contributed by atoms with van der Waals surface area (Å²) in [6, 6.07) is 14.0. The van der Waals surface area contributed by atoms with Crippen LogP contribution in [0, 0.1) is 11.8 Å². The minimum Gasteiger partial charge on any atom is -0.444 e. The number of anilines is 3. The van der Waals surface area contributed by atoms with Crippen molar-refractivity contribution in [3.8, 4) is 23.0 Å². The van der Waals surface area contributed by atoms with Gasteiger partial charge in [0.05, 0.1) is 10.3 Å². The summed E-state index contributed by atoms with van der Waals surface area (Å²) in [5.74, 6) is 6.94. The number of fused-ring (bicyclic) bond motifs is 1. The molecule has 0 aliphatic rings. The summed E-state index contributed by atoms with van der Waals surface area (Å²) in [6.45, 7) is 9.44. The van der Waals surface area contributed by atoms with Crippen LogP contribution in [0.15, 0.2) is 60.1 Å². The number of urea groups is 1. The number of carbonyl (C=O) groups is 2. The van der Waals surface area contributed by atoms with E-state index in [4.69, 9.17) is 22.1 Å². The number of thiophene rings is 1. The average Bonchev–Trinajstić information content (AvgIpc) is 3.38. The highest BCUT2D eigenvalue weighted by atomic mass is 35.5. The van der Waals surface area contributed by atoms with Crippen LogP contribution >= 0.6 is 22.9 Å². The molecular formula is C32H34ClN5O3S. The number of ether oxygens (including phenoxy) is 1. The lowest BCUT2D eigenvalue weighted by Gasteiger charge is -2.29. The van der Waals surface area contributed by atoms with E-state index in [1.165, 1.54) is 11.3 Å². The van der Waals surface area contributed by atoms with Gasteiger partial charge >= 0.3 is 12.1 Å². The smallest absolute Gasteiger partial charge is 0.408 e. The average molecular weight is 604 g/mol. The number of aromatic nitrogens is 1. The molecule has 0 spiro atoms. The van der Waals surface area contributed by atoms with Gasteiger partial charge < -0.3 is 26.4 Å². The summed E-state index contributed by atoms with van der Waals surface area (Å²) < 4.78 is 6.38. The lowest BCUT2D eigenvalue weighted by molar-refractivity contribution is 0.0477. The molecule has 0 bridgehead atoms. The first-order valence-corrected chi connectivity index (χ1v) is 14.8. The predicted molar refractivity (Wildman–Crippen MR) is 173 cm³/mol. The second-order valence-corrected chi connectivity index (χ2v) is 12.1. The molecule has 0 saturated carbocycles. The fourth-order valence-electron chi connectivity index (χ4n) is 4.28. The topological polar surface area (TPSA) is 118 Å². The molecular weight excluding hydrogens is 570 g/mol. The number of hydrogen-bond donors (Lipinski definition) is 4. The van der Waals surface area contributed by atoms with E-state index in [0.29, 0.717) is 35.1 Å². The van der Waals surface area contributed by atoms with Gasteiger partial charge in [0.15, 0.2) is 0 Å². The van der Waals surface area contributed by atoms with E-state index in [-0.39, 0.29) is 6.03 Å². The van der Waals surface area contributed by atoms with Crippen LogP contribution < -0.4 is 21.7 Å². The normalized spacial score (nSPS) is 11.4. The van der Waals surface area contributed by atoms with Crippen LogP contribution in [0.5, 0.6) is 0 Å². The second kappa shape index (κ2) is 12.7. The number of hydrogen-bond acceptors (Lipinski definition) is 6. The van der Waals surface area contributed by atoms with Crippen molar-refractivity contribution in [1.29, 1.82) is 0 Å². The lowest BCUT2D eigenvalue weighted by atomic mass is 9.93. The number of carbonyl (C=O) groups excluding carboxylic acids is 2. The minimum absolute atomic E-state index is 0.376. The monoisotopic (exact) mass is 603 g/mol. The van der Waals surface area contributed by atoms with Gasteiger partial charge in [0, 0.05) is 33.5 Å². The minimum atomic E-state index is -0.752. The third kappa shape index (κ3) is 7.52. The number of amides is 3. The van der Waals surface area contributed by atoms with E-state index in [0.717, 1.165) is 26.8 Å². The summed E-state index contributed by atoms with van der Waals surface area (Å²) >= 11 is 7.52. The summed E-state index contributed by atoms with van der Waals surface area (Å²) in [5, 5.41) is 11.9. The van der Waals surface area contributed by atoms with Gasteiger partial charge in [0.1, 0.15) is 17.0 Å². The maximum Gasteiger partial charge on any atom is 0.408 e. The van der Waals surface area contributed by atoms with Crippen LogP contribution in [-0.4, -0.2) is 28.2 Å². The molecule has 0 fully saturated rings. The first kappa shape index (κ1) is 30.7. The fourth-order valence-corrected chi connectivity index (χ4v) is 5.53. The van der Waals surface area contributed by atoms with Crippen molar-refractivity contribution in [1.82, 2.24) is 10.3 Å². The first-order chi connectivity index (χ1) is 19.9. The summed E-state index contributed by atoms with van der Waals surface area (Å²) in [6.07, 6.45) is 2.38. The number of benzene rings is 2. The van der Waals surface area contributed by atoms with Gasteiger partial charge in [0.25, 0.3) is 0 Å². The molecule has 2 heterocycles. The highest BCUT2D eigenvalue weighted by molar-refractivity contribution is 7.18. The van der Waals surface area contributed by atoms with Crippen molar-refractivity contribution in [3.05, 3.63) is 70.7 Å². The molecule has 0 atom stereocenters. The summed E-state index contributed by atoms with van der Waals surface area (Å²) in [7, 11) is 0. The maximum atomic E-state index is 12.5. The van der Waals surface area contributed by atoms with Gasteiger partial charge in [-0.3, -0.25) is 0 Å². The zero-order valence-electron chi connectivity index (χ0n) is 24.2. The highest BCUT2D eigenvalue weighted by Crippen LogP contribution is 2.38. The van der Waals surface area contributed by atoms with Crippen molar-refractivity contribution in [2.24, 2.45) is 0 Å². The van der Waals surface area contributed by atoms with E-state index < -0.39 is 17.2 Å². The Morgan fingerprint density at radius 3 is 2.38 bits per heavy atom. The number of pyridine rings is 1. The molecule has 0 aliphatic carbocycles. The van der Waals surface area contributed by atoms with E-state index in [1.54, 1.807) is 30.5 Å². The zero-order valence-corrected chi connectivity index (χ0v) is 25.8. The fraction of sp³-hybridized carbons (Fsp3) is 0.281. The van der Waals surface area contributed by atoms with Gasteiger partial charge in [-0.25, -0.2) is 14.6 Å². The third-order valence-corrected chi connectivity index (χ3v) is 7.79. The molecule has 4 rings (SSSR count). The molecule has 10 heteroatoms. The van der Waals surface area contributed by atoms with E-state index in [9.17, 15) is 9.59 Å². The standard InChI is InChI=1S/C32H34ClN5O3S/c1-6-32(7-2,38-30(40)41-31(3,4)5)16-15-21-18-35-28(34)26-25(19-42-27(21)26)20-11-13-23(14-12-20)36-29(39)37-24-10-8-9-22(33)17-24/h8-14,17-19H,6-7H2,1-5H3,(H2,34,35)(H,38,40)(H2,36,37,39). The SMILES string of the molecule is CCC(C#Cc1cnc(N)c2c(-c3ccc(NC(=O)Nc4cccc(Cl)c4)cc3)csc12)(CC)NC(=O)OC(C)(C)C. The Morgan fingerprint density at radius 1 is 1.05 bits per heavy atom. The second-order valence-electron chi connectivity index (χ2n) is 10.7. The zero-order chi connectivity index (χ0) is 30.5. The van der Waals surface area contributed by atoms with E-state index >= 15 is 0 Å². The van der Waals surface area contributed by atoms with Gasteiger partial charge in [-0.2, -0.15) is 0 Å². The molecule has 218 valence electrons. The molecule has 4 aromatic rings. The largest absolute Gasteiger partial charge is 0.444 e. The van der Waals surface area contributed by atoms with Crippen molar-refractivity contribution in [3.63, 3.8) is 0 Å². The van der Waals surface area contributed by atoms with Gasteiger partial charge in [-0.15, -0.1) is 11.3 Å². The Morgan fingerprint density at radius 2 is 1.74 bits per heavy atom. The molecule has 5 N–H and O–H groups in total. The number of alkyl carbamates (subject to hydrolysis) is 1. The van der Waals surface area contributed by atoms with Crippen molar-refractivity contribution in [2.75, 3.05) is 16.4 Å². The van der Waals surface area contributed by atoms with Crippen molar-refractivity contribution >= 4 is 62.3 Å². The Hall–Kier alpha value is -4.26. The number of nitrogens with one attached hydrogen (secondary N) is 3. The molecule has 2 aromatic heterocycles. The molecule has 42 heavy (non-hydrogen) atoms. The number of nitrogens with zero attached hydrogens (tertiary/aromatic N) is 1. The first-order valence-electron chi connectivity index (χ1n) is 13.6. The Labute approximate surface area is 255 Å². The van der Waals surface area contributed by atoms with Crippen molar-refractivity contribution < 1.29 is 14.3 Å². The van der Waals surface area contributed by atoms with Crippen LogP contribution in [0.2, 0.25) is 5.02 Å². The number of halogens is 1. The van der Waals surface area contributed by atoms with Gasteiger partial charge in [-0.05, 0) is 74.9 Å². The number of rotatable bonds is 6. The quantitative estimate of drug-likeness (QED) is 0.165. The molecule has 3 amide bonds. The summed E-state index contributed by atoms with van der Waals surface area (Å²) in [4.78, 5) is 29.4. The molecule has 0 radical (unpaired) electrons. The van der Waals surface area contributed by atoms with Crippen LogP contribution in [0.3, 0.4) is 0 Å². The molecule has 0 saturated heterocycles. The molecule has 0 aliphatic heterocycles. The van der Waals surface area contributed by atoms with Crippen LogP contribution in [-0.2, 0) is 4.74 Å². The van der Waals surface area contributed by atoms with E-state index in [1.807, 2.05) is 64.3 Å². The maximum absolute atomic E-state index is 12.5. The van der Waals surface area contributed by atoms with Gasteiger partial charge in [0.2, 0.25) is 0 Å². The number of nitrogens with two attached hydrogens (primary N) is 1. The van der Waals surface area contributed by atoms with E-state index in [2.05, 4.69) is 32.8 Å². The lowest BCUT2D eigenvalue weighted by Crippen LogP contribution is -2.48. The van der Waals surface area contributed by atoms with Crippen molar-refractivity contribution in [2.45, 2.75) is 58.6 Å². The van der Waals surface area contributed by atoms with Crippen LogP contribution in [0.4, 0.5) is 26.8 Å². The van der Waals surface area contributed by atoms with Gasteiger partial charge in [-0.1, -0.05) is 55.5 Å².